The standard InChI is InChI=1S/C26H27N5O3/c1-17-18(2)31-22-23(27-25(31)30(17)20-13-8-14-21(16-20)34-4)28(3)26(33)29(24(22)32)15-9-12-19-10-6-5-7-11-19/h5-8,10-11,13-14,16H,9,12,15H2,1-4H3. The summed E-state index contributed by atoms with van der Waals surface area (Å²) in [4.78, 5) is 31.4. The minimum absolute atomic E-state index is 0.315. The van der Waals surface area contributed by atoms with Gasteiger partial charge in [0.05, 0.1) is 12.8 Å². The summed E-state index contributed by atoms with van der Waals surface area (Å²) < 4.78 is 12.0. The van der Waals surface area contributed by atoms with Crippen molar-refractivity contribution in [2.75, 3.05) is 7.11 Å². The molecule has 0 N–H and O–H groups in total. The van der Waals surface area contributed by atoms with Gasteiger partial charge in [0.25, 0.3) is 5.56 Å². The van der Waals surface area contributed by atoms with Crippen molar-refractivity contribution in [2.24, 2.45) is 7.05 Å². The van der Waals surface area contributed by atoms with E-state index in [1.54, 1.807) is 14.2 Å². The maximum absolute atomic E-state index is 13.6. The van der Waals surface area contributed by atoms with Crippen molar-refractivity contribution in [3.8, 4) is 11.4 Å². The number of hydrogen-bond acceptors (Lipinski definition) is 4. The summed E-state index contributed by atoms with van der Waals surface area (Å²) in [5, 5.41) is 0. The molecule has 0 atom stereocenters. The highest BCUT2D eigenvalue weighted by atomic mass is 16.5. The van der Waals surface area contributed by atoms with Crippen molar-refractivity contribution in [2.45, 2.75) is 33.2 Å². The quantitative estimate of drug-likeness (QED) is 0.392. The molecule has 0 spiro atoms. The number of imidazole rings is 2. The van der Waals surface area contributed by atoms with Crippen LogP contribution in [0.1, 0.15) is 23.4 Å². The van der Waals surface area contributed by atoms with Crippen LogP contribution in [0.4, 0.5) is 0 Å². The molecule has 0 aliphatic carbocycles. The van der Waals surface area contributed by atoms with Crippen molar-refractivity contribution in [3.63, 3.8) is 0 Å². The number of aryl methyl sites for hydroxylation is 3. The average molecular weight is 458 g/mol. The third-order valence-electron chi connectivity index (χ3n) is 6.52. The first-order chi connectivity index (χ1) is 16.4. The van der Waals surface area contributed by atoms with Crippen LogP contribution in [0.15, 0.2) is 64.2 Å². The third-order valence-corrected chi connectivity index (χ3v) is 6.52. The van der Waals surface area contributed by atoms with Crippen LogP contribution in [0.3, 0.4) is 0 Å². The van der Waals surface area contributed by atoms with E-state index in [2.05, 4.69) is 12.1 Å². The van der Waals surface area contributed by atoms with Crippen molar-refractivity contribution >= 4 is 16.9 Å². The summed E-state index contributed by atoms with van der Waals surface area (Å²) in [6.45, 7) is 4.30. The first kappa shape index (κ1) is 21.8. The Hall–Kier alpha value is -4.07. The van der Waals surface area contributed by atoms with Crippen LogP contribution in [-0.4, -0.2) is 30.2 Å². The van der Waals surface area contributed by atoms with Crippen LogP contribution in [0.5, 0.6) is 5.75 Å². The normalized spacial score (nSPS) is 11.5. The van der Waals surface area contributed by atoms with E-state index in [4.69, 9.17) is 9.72 Å². The van der Waals surface area contributed by atoms with Crippen LogP contribution in [-0.2, 0) is 20.0 Å². The van der Waals surface area contributed by atoms with Crippen molar-refractivity contribution in [1.82, 2.24) is 23.1 Å². The van der Waals surface area contributed by atoms with Gasteiger partial charge in [-0.2, -0.15) is 4.98 Å². The van der Waals surface area contributed by atoms with Crippen molar-refractivity contribution in [3.05, 3.63) is 92.4 Å². The SMILES string of the molecule is COc1cccc(-n2c(C)c(C)n3c4c(=O)n(CCCc5ccccc5)c(=O)n(C)c4nc23)c1. The molecule has 174 valence electrons. The fourth-order valence-electron chi connectivity index (χ4n) is 4.59. The Bertz CT molecular complexity index is 1640. The highest BCUT2D eigenvalue weighted by Crippen LogP contribution is 2.26. The highest BCUT2D eigenvalue weighted by Gasteiger charge is 2.23. The van der Waals surface area contributed by atoms with Crippen molar-refractivity contribution in [1.29, 1.82) is 0 Å². The summed E-state index contributed by atoms with van der Waals surface area (Å²) in [5.74, 6) is 1.32. The van der Waals surface area contributed by atoms with Gasteiger partial charge in [-0.3, -0.25) is 22.9 Å². The topological polar surface area (TPSA) is 75.5 Å². The van der Waals surface area contributed by atoms with Gasteiger partial charge in [0.1, 0.15) is 5.75 Å². The van der Waals surface area contributed by atoms with E-state index in [0.29, 0.717) is 29.9 Å². The molecule has 8 nitrogen and oxygen atoms in total. The fraction of sp³-hybridized carbons (Fsp3) is 0.269. The maximum atomic E-state index is 13.6. The zero-order chi connectivity index (χ0) is 24.0. The smallest absolute Gasteiger partial charge is 0.332 e. The van der Waals surface area contributed by atoms with Crippen LogP contribution in [0.25, 0.3) is 22.6 Å². The molecule has 3 aromatic heterocycles. The number of rotatable bonds is 6. The number of nitrogens with zero attached hydrogens (tertiary/aromatic N) is 5. The zero-order valence-electron chi connectivity index (χ0n) is 19.8. The second kappa shape index (κ2) is 8.37. The molecule has 0 unspecified atom stereocenters. The molecule has 0 saturated heterocycles. The summed E-state index contributed by atoms with van der Waals surface area (Å²) >= 11 is 0. The molecule has 0 aliphatic heterocycles. The average Bonchev–Trinajstić information content (AvgIpc) is 3.35. The van der Waals surface area contributed by atoms with E-state index in [1.807, 2.05) is 65.3 Å². The Morgan fingerprint density at radius 3 is 2.47 bits per heavy atom. The number of fused-ring (bicyclic) bond motifs is 3. The molecule has 0 fully saturated rings. The summed E-state index contributed by atoms with van der Waals surface area (Å²) in [7, 11) is 3.30. The lowest BCUT2D eigenvalue weighted by Gasteiger charge is -2.09. The van der Waals surface area contributed by atoms with Gasteiger partial charge >= 0.3 is 5.69 Å². The molecule has 0 aliphatic rings. The number of aromatic nitrogens is 5. The predicted molar refractivity (Wildman–Crippen MR) is 132 cm³/mol. The van der Waals surface area contributed by atoms with E-state index < -0.39 is 0 Å². The number of hydrogen-bond donors (Lipinski definition) is 0. The first-order valence-electron chi connectivity index (χ1n) is 11.3. The Balaban J connectivity index is 1.67. The predicted octanol–water partition coefficient (Wildman–Crippen LogP) is 3.40. The van der Waals surface area contributed by atoms with E-state index >= 15 is 0 Å². The molecular formula is C26H27N5O3. The first-order valence-corrected chi connectivity index (χ1v) is 11.3. The van der Waals surface area contributed by atoms with Crippen LogP contribution < -0.4 is 16.0 Å². The molecular weight excluding hydrogens is 430 g/mol. The van der Waals surface area contributed by atoms with E-state index in [9.17, 15) is 9.59 Å². The molecule has 34 heavy (non-hydrogen) atoms. The van der Waals surface area contributed by atoms with Gasteiger partial charge < -0.3 is 4.74 Å². The summed E-state index contributed by atoms with van der Waals surface area (Å²) in [6.07, 6.45) is 1.48. The fourth-order valence-corrected chi connectivity index (χ4v) is 4.59. The van der Waals surface area contributed by atoms with Gasteiger partial charge in [-0.25, -0.2) is 4.79 Å². The Morgan fingerprint density at radius 2 is 1.74 bits per heavy atom. The van der Waals surface area contributed by atoms with Gasteiger partial charge in [0.15, 0.2) is 11.2 Å². The van der Waals surface area contributed by atoms with Crippen LogP contribution in [0.2, 0.25) is 0 Å². The molecule has 5 aromatic rings. The van der Waals surface area contributed by atoms with E-state index in [1.165, 1.54) is 14.7 Å². The Morgan fingerprint density at radius 1 is 0.971 bits per heavy atom. The summed E-state index contributed by atoms with van der Waals surface area (Å²) in [6, 6.07) is 17.8. The molecule has 0 amide bonds. The minimum atomic E-state index is -0.353. The van der Waals surface area contributed by atoms with Gasteiger partial charge in [-0.05, 0) is 44.4 Å². The molecule has 8 heteroatoms. The maximum Gasteiger partial charge on any atom is 0.332 e. The number of benzene rings is 2. The Labute approximate surface area is 196 Å². The van der Waals surface area contributed by atoms with Crippen LogP contribution >= 0.6 is 0 Å². The van der Waals surface area contributed by atoms with Crippen LogP contribution in [0, 0.1) is 13.8 Å². The zero-order valence-corrected chi connectivity index (χ0v) is 19.8. The molecule has 0 saturated carbocycles. The highest BCUT2D eigenvalue weighted by molar-refractivity contribution is 5.77. The second-order valence-corrected chi connectivity index (χ2v) is 8.51. The summed E-state index contributed by atoms with van der Waals surface area (Å²) in [5.41, 5.74) is 4.04. The van der Waals surface area contributed by atoms with E-state index in [-0.39, 0.29) is 11.2 Å². The third kappa shape index (κ3) is 3.34. The largest absolute Gasteiger partial charge is 0.497 e. The lowest BCUT2D eigenvalue weighted by Crippen LogP contribution is -2.39. The van der Waals surface area contributed by atoms with Gasteiger partial charge in [0.2, 0.25) is 5.78 Å². The number of ether oxygens (including phenoxy) is 1. The number of methoxy groups -OCH3 is 1. The Kier molecular flexibility index (Phi) is 5.36. The lowest BCUT2D eigenvalue weighted by atomic mass is 10.1. The van der Waals surface area contributed by atoms with Gasteiger partial charge in [-0.1, -0.05) is 36.4 Å². The van der Waals surface area contributed by atoms with E-state index in [0.717, 1.165) is 29.2 Å². The second-order valence-electron chi connectivity index (χ2n) is 8.51. The monoisotopic (exact) mass is 457 g/mol. The lowest BCUT2D eigenvalue weighted by molar-refractivity contribution is 0.414. The molecule has 5 rings (SSSR count). The van der Waals surface area contributed by atoms with Gasteiger partial charge in [-0.15, -0.1) is 0 Å². The molecule has 0 radical (unpaired) electrons. The molecule has 0 bridgehead atoms. The van der Waals surface area contributed by atoms with Gasteiger partial charge in [0, 0.05) is 31.0 Å². The molecule has 2 aromatic carbocycles. The minimum Gasteiger partial charge on any atom is -0.497 e. The molecule has 3 heterocycles. The van der Waals surface area contributed by atoms with Crippen molar-refractivity contribution < 1.29 is 4.74 Å².